The molecule has 0 fully saturated rings. The Morgan fingerprint density at radius 3 is 2.78 bits per heavy atom. The van der Waals surface area contributed by atoms with Crippen LogP contribution in [0.25, 0.3) is 0 Å². The third-order valence-corrected chi connectivity index (χ3v) is 3.08. The molecule has 1 aromatic carbocycles. The lowest BCUT2D eigenvalue weighted by Crippen LogP contribution is -2.29. The zero-order chi connectivity index (χ0) is 13.5. The van der Waals surface area contributed by atoms with Crippen LogP contribution < -0.4 is 10.2 Å². The number of amides is 1. The third-order valence-electron chi connectivity index (χ3n) is 2.71. The summed E-state index contributed by atoms with van der Waals surface area (Å²) < 4.78 is 0. The van der Waals surface area contributed by atoms with Crippen LogP contribution >= 0.6 is 11.6 Å². The number of rotatable bonds is 6. The number of hydrogen-bond donors (Lipinski definition) is 1. The lowest BCUT2D eigenvalue weighted by Gasteiger charge is -2.14. The van der Waals surface area contributed by atoms with Crippen LogP contribution in [0.2, 0.25) is 0 Å². The van der Waals surface area contributed by atoms with Crippen molar-refractivity contribution in [1.29, 1.82) is 0 Å². The van der Waals surface area contributed by atoms with Gasteiger partial charge in [0.2, 0.25) is 0 Å². The van der Waals surface area contributed by atoms with E-state index >= 15 is 0 Å². The van der Waals surface area contributed by atoms with E-state index in [2.05, 4.69) is 12.2 Å². The van der Waals surface area contributed by atoms with Gasteiger partial charge >= 0.3 is 0 Å². The molecule has 0 saturated carbocycles. The van der Waals surface area contributed by atoms with Gasteiger partial charge in [-0.05, 0) is 24.6 Å². The zero-order valence-electron chi connectivity index (χ0n) is 11.2. The van der Waals surface area contributed by atoms with Gasteiger partial charge in [0.1, 0.15) is 0 Å². The van der Waals surface area contributed by atoms with Crippen molar-refractivity contribution in [2.24, 2.45) is 0 Å². The number of nitrogens with zero attached hydrogens (tertiary/aromatic N) is 1. The summed E-state index contributed by atoms with van der Waals surface area (Å²) in [5, 5.41) is 2.87. The summed E-state index contributed by atoms with van der Waals surface area (Å²) in [7, 11) is 3.90. The van der Waals surface area contributed by atoms with Gasteiger partial charge in [-0.25, -0.2) is 0 Å². The zero-order valence-corrected chi connectivity index (χ0v) is 12.0. The number of carbonyl (C=O) groups is 1. The van der Waals surface area contributed by atoms with Crippen LogP contribution in [0.3, 0.4) is 0 Å². The Morgan fingerprint density at radius 1 is 1.44 bits per heavy atom. The summed E-state index contributed by atoms with van der Waals surface area (Å²) in [5.74, 6) is -0.0690. The molecule has 1 aromatic rings. The van der Waals surface area contributed by atoms with Crippen molar-refractivity contribution in [3.05, 3.63) is 29.8 Å². The molecule has 0 aliphatic heterocycles. The van der Waals surface area contributed by atoms with Gasteiger partial charge in [-0.1, -0.05) is 19.4 Å². The maximum Gasteiger partial charge on any atom is 0.251 e. The van der Waals surface area contributed by atoms with Crippen LogP contribution in [0.4, 0.5) is 5.69 Å². The molecule has 100 valence electrons. The quantitative estimate of drug-likeness (QED) is 0.805. The van der Waals surface area contributed by atoms with Gasteiger partial charge in [0.05, 0.1) is 5.38 Å². The van der Waals surface area contributed by atoms with Crippen molar-refractivity contribution in [3.63, 3.8) is 0 Å². The highest BCUT2D eigenvalue weighted by Crippen LogP contribution is 2.13. The van der Waals surface area contributed by atoms with Crippen molar-refractivity contribution >= 4 is 23.2 Å². The van der Waals surface area contributed by atoms with Crippen LogP contribution in [0.1, 0.15) is 30.1 Å². The van der Waals surface area contributed by atoms with Crippen LogP contribution in [0.15, 0.2) is 24.3 Å². The highest BCUT2D eigenvalue weighted by atomic mass is 35.5. The molecule has 0 bridgehead atoms. The molecular formula is C14H21ClN2O. The van der Waals surface area contributed by atoms with Gasteiger partial charge in [-0.2, -0.15) is 0 Å². The van der Waals surface area contributed by atoms with E-state index in [1.807, 2.05) is 43.3 Å². The Bertz CT molecular complexity index is 393. The topological polar surface area (TPSA) is 32.3 Å². The van der Waals surface area contributed by atoms with Crippen LogP contribution in [-0.2, 0) is 0 Å². The predicted octanol–water partition coefficient (Wildman–Crippen LogP) is 2.89. The molecule has 0 aromatic heterocycles. The highest BCUT2D eigenvalue weighted by Gasteiger charge is 2.09. The second-order valence-electron chi connectivity index (χ2n) is 4.54. The van der Waals surface area contributed by atoms with Crippen molar-refractivity contribution in [2.75, 3.05) is 25.5 Å². The van der Waals surface area contributed by atoms with E-state index in [1.54, 1.807) is 0 Å². The molecule has 1 atom stereocenters. The molecule has 0 aliphatic rings. The van der Waals surface area contributed by atoms with Gasteiger partial charge in [0.15, 0.2) is 0 Å². The van der Waals surface area contributed by atoms with Gasteiger partial charge in [0.25, 0.3) is 5.91 Å². The number of halogens is 1. The minimum atomic E-state index is -0.0690. The first kappa shape index (κ1) is 14.8. The summed E-state index contributed by atoms with van der Waals surface area (Å²) in [5.41, 5.74) is 1.68. The molecule has 1 N–H and O–H groups in total. The smallest absolute Gasteiger partial charge is 0.251 e. The van der Waals surface area contributed by atoms with Crippen molar-refractivity contribution in [3.8, 4) is 0 Å². The minimum absolute atomic E-state index is 0.0102. The van der Waals surface area contributed by atoms with E-state index in [4.69, 9.17) is 11.6 Å². The Kier molecular flexibility index (Phi) is 5.99. The average Bonchev–Trinajstić information content (AvgIpc) is 2.36. The molecule has 0 spiro atoms. The second kappa shape index (κ2) is 7.27. The predicted molar refractivity (Wildman–Crippen MR) is 77.7 cm³/mol. The normalized spacial score (nSPS) is 12.0. The van der Waals surface area contributed by atoms with Crippen LogP contribution in [-0.4, -0.2) is 31.9 Å². The maximum atomic E-state index is 11.9. The number of anilines is 1. The monoisotopic (exact) mass is 268 g/mol. The standard InChI is InChI=1S/C14H21ClN2O/c1-4-6-12(15)10-16-14(18)11-7-5-8-13(9-11)17(2)3/h5,7-9,12H,4,6,10H2,1-3H3,(H,16,18). The lowest BCUT2D eigenvalue weighted by molar-refractivity contribution is 0.0953. The van der Waals surface area contributed by atoms with E-state index < -0.39 is 0 Å². The first-order chi connectivity index (χ1) is 8.54. The van der Waals surface area contributed by atoms with Crippen LogP contribution in [0, 0.1) is 0 Å². The third kappa shape index (κ3) is 4.57. The summed E-state index contributed by atoms with van der Waals surface area (Å²) in [4.78, 5) is 13.9. The molecule has 0 aliphatic carbocycles. The van der Waals surface area contributed by atoms with Crippen molar-refractivity contribution in [2.45, 2.75) is 25.1 Å². The van der Waals surface area contributed by atoms with E-state index in [9.17, 15) is 4.79 Å². The number of nitrogens with one attached hydrogen (secondary N) is 1. The summed E-state index contributed by atoms with van der Waals surface area (Å²) in [6, 6.07) is 7.54. The largest absolute Gasteiger partial charge is 0.378 e. The first-order valence-corrected chi connectivity index (χ1v) is 6.68. The molecule has 1 amide bonds. The summed E-state index contributed by atoms with van der Waals surface area (Å²) in [6.45, 7) is 2.60. The van der Waals surface area contributed by atoms with Crippen molar-refractivity contribution in [1.82, 2.24) is 5.32 Å². The Balaban J connectivity index is 2.58. The van der Waals surface area contributed by atoms with E-state index in [-0.39, 0.29) is 11.3 Å². The molecule has 3 nitrogen and oxygen atoms in total. The van der Waals surface area contributed by atoms with Crippen LogP contribution in [0.5, 0.6) is 0 Å². The van der Waals surface area contributed by atoms with Gasteiger partial charge in [-0.15, -0.1) is 11.6 Å². The lowest BCUT2D eigenvalue weighted by atomic mass is 10.1. The average molecular weight is 269 g/mol. The van der Waals surface area contributed by atoms with E-state index in [0.29, 0.717) is 12.1 Å². The molecule has 0 heterocycles. The molecule has 1 rings (SSSR count). The van der Waals surface area contributed by atoms with Gasteiger partial charge < -0.3 is 10.2 Å². The molecular weight excluding hydrogens is 248 g/mol. The fourth-order valence-corrected chi connectivity index (χ4v) is 1.94. The summed E-state index contributed by atoms with van der Waals surface area (Å²) >= 11 is 6.07. The molecule has 0 radical (unpaired) electrons. The van der Waals surface area contributed by atoms with E-state index in [0.717, 1.165) is 18.5 Å². The summed E-state index contributed by atoms with van der Waals surface area (Å²) in [6.07, 6.45) is 1.94. The molecule has 1 unspecified atom stereocenters. The molecule has 4 heteroatoms. The fraction of sp³-hybridized carbons (Fsp3) is 0.500. The maximum absolute atomic E-state index is 11.9. The Hall–Kier alpha value is -1.22. The second-order valence-corrected chi connectivity index (χ2v) is 5.16. The number of alkyl halides is 1. The number of carbonyl (C=O) groups excluding carboxylic acids is 1. The van der Waals surface area contributed by atoms with Gasteiger partial charge in [0, 0.05) is 31.9 Å². The molecule has 18 heavy (non-hydrogen) atoms. The number of hydrogen-bond acceptors (Lipinski definition) is 2. The Labute approximate surface area is 114 Å². The SMILES string of the molecule is CCCC(Cl)CNC(=O)c1cccc(N(C)C)c1. The highest BCUT2D eigenvalue weighted by molar-refractivity contribution is 6.20. The number of benzene rings is 1. The Morgan fingerprint density at radius 2 is 2.17 bits per heavy atom. The van der Waals surface area contributed by atoms with Crippen molar-refractivity contribution < 1.29 is 4.79 Å². The fourth-order valence-electron chi connectivity index (χ4n) is 1.65. The minimum Gasteiger partial charge on any atom is -0.378 e. The van der Waals surface area contributed by atoms with E-state index in [1.165, 1.54) is 0 Å². The first-order valence-electron chi connectivity index (χ1n) is 6.24. The van der Waals surface area contributed by atoms with Gasteiger partial charge in [-0.3, -0.25) is 4.79 Å². The molecule has 0 saturated heterocycles.